The predicted octanol–water partition coefficient (Wildman–Crippen LogP) is 2.84. The van der Waals surface area contributed by atoms with Crippen LogP contribution < -0.4 is 0 Å². The second-order valence-corrected chi connectivity index (χ2v) is 7.20. The first-order valence-corrected chi connectivity index (χ1v) is 9.01. The number of rotatable bonds is 7. The van der Waals surface area contributed by atoms with E-state index in [1.165, 1.54) is 4.42 Å². The van der Waals surface area contributed by atoms with Gasteiger partial charge in [0.2, 0.25) is 0 Å². The summed E-state index contributed by atoms with van der Waals surface area (Å²) in [5, 5.41) is 0. The maximum atomic E-state index is 12.2. The SMILES string of the molecule is C[C@@H]1C[C@H](C(=O)O[C@@H](C)[C@H](C)C(=O)OCC(=O)c2ccccc2)N(Cl)C1. The molecule has 2 rings (SSSR count). The fourth-order valence-electron chi connectivity index (χ4n) is 2.74. The van der Waals surface area contributed by atoms with Gasteiger partial charge in [-0.1, -0.05) is 37.3 Å². The van der Waals surface area contributed by atoms with Gasteiger partial charge in [0.05, 0.1) is 5.92 Å². The lowest BCUT2D eigenvalue weighted by Crippen LogP contribution is -2.37. The van der Waals surface area contributed by atoms with Crippen LogP contribution in [0, 0.1) is 11.8 Å². The minimum absolute atomic E-state index is 0.284. The average Bonchev–Trinajstić information content (AvgIpc) is 2.97. The van der Waals surface area contributed by atoms with Crippen LogP contribution in [0.3, 0.4) is 0 Å². The first-order chi connectivity index (χ1) is 12.3. The molecular formula is C19H24ClNO5. The van der Waals surface area contributed by atoms with Gasteiger partial charge >= 0.3 is 11.9 Å². The van der Waals surface area contributed by atoms with Gasteiger partial charge < -0.3 is 9.47 Å². The van der Waals surface area contributed by atoms with E-state index >= 15 is 0 Å². The molecule has 4 atom stereocenters. The summed E-state index contributed by atoms with van der Waals surface area (Å²) >= 11 is 6.04. The van der Waals surface area contributed by atoms with Crippen LogP contribution >= 0.6 is 11.8 Å². The molecule has 0 aliphatic carbocycles. The Morgan fingerprint density at radius 3 is 2.46 bits per heavy atom. The standard InChI is InChI=1S/C19H24ClNO5/c1-12-9-16(21(20)10-12)19(24)26-14(3)13(2)18(23)25-11-17(22)15-7-5-4-6-8-15/h4-8,12-14,16H,9-11H2,1-3H3/t12-,13+,14+,16-/m1/s1. The molecule has 1 fully saturated rings. The molecule has 6 nitrogen and oxygen atoms in total. The number of ether oxygens (including phenoxy) is 2. The van der Waals surface area contributed by atoms with Crippen LogP contribution in [-0.4, -0.2) is 47.4 Å². The van der Waals surface area contributed by atoms with Gasteiger partial charge in [-0.2, -0.15) is 0 Å². The molecule has 0 unspecified atom stereocenters. The average molecular weight is 382 g/mol. The van der Waals surface area contributed by atoms with E-state index in [9.17, 15) is 14.4 Å². The Hall–Kier alpha value is -1.92. The highest BCUT2D eigenvalue weighted by molar-refractivity contribution is 6.15. The van der Waals surface area contributed by atoms with Gasteiger partial charge in [-0.15, -0.1) is 0 Å². The molecule has 1 saturated heterocycles. The van der Waals surface area contributed by atoms with Crippen molar-refractivity contribution in [3.63, 3.8) is 0 Å². The number of nitrogens with zero attached hydrogens (tertiary/aromatic N) is 1. The molecule has 0 amide bonds. The van der Waals surface area contributed by atoms with E-state index in [1.54, 1.807) is 44.2 Å². The van der Waals surface area contributed by atoms with E-state index in [1.807, 2.05) is 6.92 Å². The number of carbonyl (C=O) groups excluding carboxylic acids is 3. The van der Waals surface area contributed by atoms with Crippen molar-refractivity contribution in [2.45, 2.75) is 39.3 Å². The first kappa shape index (κ1) is 20.4. The number of hydrogen-bond donors (Lipinski definition) is 0. The van der Waals surface area contributed by atoms with Crippen molar-refractivity contribution in [3.8, 4) is 0 Å². The van der Waals surface area contributed by atoms with E-state index in [0.717, 1.165) is 0 Å². The summed E-state index contributed by atoms with van der Waals surface area (Å²) in [7, 11) is 0. The molecule has 0 spiro atoms. The van der Waals surface area contributed by atoms with Crippen molar-refractivity contribution in [1.29, 1.82) is 0 Å². The van der Waals surface area contributed by atoms with Crippen LogP contribution in [0.2, 0.25) is 0 Å². The Labute approximate surface area is 158 Å². The Morgan fingerprint density at radius 1 is 1.23 bits per heavy atom. The lowest BCUT2D eigenvalue weighted by molar-refractivity contribution is -0.161. The molecule has 1 aliphatic rings. The number of ketones is 1. The zero-order valence-corrected chi connectivity index (χ0v) is 15.9. The molecule has 1 aromatic carbocycles. The summed E-state index contributed by atoms with van der Waals surface area (Å²) < 4.78 is 11.9. The zero-order valence-electron chi connectivity index (χ0n) is 15.2. The summed E-state index contributed by atoms with van der Waals surface area (Å²) in [6.07, 6.45) is -0.0535. The van der Waals surface area contributed by atoms with Crippen molar-refractivity contribution >= 4 is 29.5 Å². The first-order valence-electron chi connectivity index (χ1n) is 8.67. The highest BCUT2D eigenvalue weighted by atomic mass is 35.5. The van der Waals surface area contributed by atoms with Gasteiger partial charge in [-0.25, -0.2) is 4.42 Å². The number of hydrogen-bond acceptors (Lipinski definition) is 6. The largest absolute Gasteiger partial charge is 0.461 e. The van der Waals surface area contributed by atoms with Crippen LogP contribution in [0.5, 0.6) is 0 Å². The molecule has 0 radical (unpaired) electrons. The van der Waals surface area contributed by atoms with Gasteiger partial charge in [-0.3, -0.25) is 14.4 Å². The minimum atomic E-state index is -0.690. The second-order valence-electron chi connectivity index (χ2n) is 6.77. The van der Waals surface area contributed by atoms with E-state index in [-0.39, 0.29) is 12.4 Å². The number of carbonyl (C=O) groups is 3. The van der Waals surface area contributed by atoms with Crippen molar-refractivity contribution in [2.24, 2.45) is 11.8 Å². The van der Waals surface area contributed by atoms with Gasteiger partial charge in [-0.05, 0) is 38.0 Å². The number of benzene rings is 1. The van der Waals surface area contributed by atoms with Crippen LogP contribution in [-0.2, 0) is 19.1 Å². The van der Waals surface area contributed by atoms with Gasteiger partial charge in [0.15, 0.2) is 12.4 Å². The van der Waals surface area contributed by atoms with Crippen molar-refractivity contribution < 1.29 is 23.9 Å². The molecule has 7 heteroatoms. The van der Waals surface area contributed by atoms with E-state index in [4.69, 9.17) is 21.3 Å². The normalized spacial score (nSPS) is 22.5. The molecule has 1 aromatic rings. The highest BCUT2D eigenvalue weighted by Crippen LogP contribution is 2.26. The predicted molar refractivity (Wildman–Crippen MR) is 96.6 cm³/mol. The van der Waals surface area contributed by atoms with E-state index in [0.29, 0.717) is 24.4 Å². The van der Waals surface area contributed by atoms with Gasteiger partial charge in [0.25, 0.3) is 0 Å². The van der Waals surface area contributed by atoms with Crippen LogP contribution in [0.25, 0.3) is 0 Å². The summed E-state index contributed by atoms with van der Waals surface area (Å²) in [6.45, 7) is 5.51. The fraction of sp³-hybridized carbons (Fsp3) is 0.526. The van der Waals surface area contributed by atoms with Crippen LogP contribution in [0.15, 0.2) is 30.3 Å². The third kappa shape index (κ3) is 5.29. The summed E-state index contributed by atoms with van der Waals surface area (Å²) in [5.74, 6) is -1.70. The number of esters is 2. The lowest BCUT2D eigenvalue weighted by Gasteiger charge is -2.22. The third-order valence-electron chi connectivity index (χ3n) is 4.54. The summed E-state index contributed by atoms with van der Waals surface area (Å²) in [5.41, 5.74) is 0.477. The smallest absolute Gasteiger partial charge is 0.324 e. The summed E-state index contributed by atoms with van der Waals surface area (Å²) in [4.78, 5) is 36.3. The highest BCUT2D eigenvalue weighted by Gasteiger charge is 2.37. The maximum absolute atomic E-state index is 12.2. The lowest BCUT2D eigenvalue weighted by atomic mass is 10.1. The minimum Gasteiger partial charge on any atom is -0.461 e. The van der Waals surface area contributed by atoms with Crippen molar-refractivity contribution in [2.75, 3.05) is 13.2 Å². The Bertz CT molecular complexity index is 651. The summed E-state index contributed by atoms with van der Waals surface area (Å²) in [6, 6.07) is 8.09. The van der Waals surface area contributed by atoms with Crippen LogP contribution in [0.4, 0.5) is 0 Å². The third-order valence-corrected chi connectivity index (χ3v) is 4.91. The number of Topliss-reactive ketones (excluding diaryl/α,β-unsaturated/α-hetero) is 1. The quantitative estimate of drug-likeness (QED) is 0.411. The van der Waals surface area contributed by atoms with Crippen molar-refractivity contribution in [1.82, 2.24) is 4.42 Å². The van der Waals surface area contributed by atoms with Gasteiger partial charge in [0.1, 0.15) is 12.1 Å². The van der Waals surface area contributed by atoms with Gasteiger partial charge in [0, 0.05) is 12.1 Å². The molecule has 142 valence electrons. The topological polar surface area (TPSA) is 72.9 Å². The molecule has 0 bridgehead atoms. The molecular weight excluding hydrogens is 358 g/mol. The molecule has 1 heterocycles. The maximum Gasteiger partial charge on any atom is 0.324 e. The molecule has 0 aromatic heterocycles. The Balaban J connectivity index is 1.81. The Kier molecular flexibility index (Phi) is 7.17. The molecule has 0 N–H and O–H groups in total. The van der Waals surface area contributed by atoms with E-state index in [2.05, 4.69) is 0 Å². The van der Waals surface area contributed by atoms with Crippen LogP contribution in [0.1, 0.15) is 37.6 Å². The van der Waals surface area contributed by atoms with Crippen molar-refractivity contribution in [3.05, 3.63) is 35.9 Å². The Morgan fingerprint density at radius 2 is 1.88 bits per heavy atom. The number of halogens is 1. The molecule has 1 aliphatic heterocycles. The molecule has 26 heavy (non-hydrogen) atoms. The second kappa shape index (κ2) is 9.14. The fourth-order valence-corrected chi connectivity index (χ4v) is 3.13. The monoisotopic (exact) mass is 381 g/mol. The zero-order chi connectivity index (χ0) is 19.3. The molecule has 0 saturated carbocycles. The van der Waals surface area contributed by atoms with E-state index < -0.39 is 30.0 Å².